The highest BCUT2D eigenvalue weighted by molar-refractivity contribution is 7.11. The predicted octanol–water partition coefficient (Wildman–Crippen LogP) is 4.24. The Hall–Kier alpha value is -1.55. The van der Waals surface area contributed by atoms with Crippen LogP contribution in [0.15, 0.2) is 30.3 Å². The summed E-state index contributed by atoms with van der Waals surface area (Å²) in [5.74, 6) is 3.44. The molecule has 1 aromatic carbocycles. The Bertz CT molecular complexity index is 602. The number of hydrogen-bond acceptors (Lipinski definition) is 4. The van der Waals surface area contributed by atoms with Gasteiger partial charge in [-0.25, -0.2) is 0 Å². The summed E-state index contributed by atoms with van der Waals surface area (Å²) in [6.07, 6.45) is 5.72. The zero-order valence-corrected chi connectivity index (χ0v) is 12.9. The maximum absolute atomic E-state index is 6.08. The average Bonchev–Trinajstić information content (AvgIpc) is 3.41. The Balaban J connectivity index is 1.52. The van der Waals surface area contributed by atoms with Crippen LogP contribution in [0.3, 0.4) is 0 Å². The molecule has 2 saturated carbocycles. The van der Waals surface area contributed by atoms with Crippen molar-refractivity contribution in [2.24, 2.45) is 17.8 Å². The van der Waals surface area contributed by atoms with Crippen LogP contribution in [0.5, 0.6) is 0 Å². The Labute approximate surface area is 129 Å². The number of nitrogens with two attached hydrogens (primary N) is 1. The van der Waals surface area contributed by atoms with Crippen molar-refractivity contribution >= 4 is 22.4 Å². The van der Waals surface area contributed by atoms with Crippen LogP contribution in [-0.4, -0.2) is 10.9 Å². The standard InChI is InChI=1S/C17H21N3S/c18-16-15(13-4-2-1-3-5-13)17(21-20-16)19-10-14(11-6-7-11)12-8-9-12/h1-5,11-12,14,19H,6-10H2,(H2,18,20). The molecule has 2 aliphatic carbocycles. The molecule has 0 saturated heterocycles. The van der Waals surface area contributed by atoms with Crippen LogP contribution in [0.25, 0.3) is 11.1 Å². The molecular formula is C17H21N3S. The van der Waals surface area contributed by atoms with Gasteiger partial charge >= 0.3 is 0 Å². The van der Waals surface area contributed by atoms with Gasteiger partial charge in [-0.1, -0.05) is 30.3 Å². The normalized spacial score (nSPS) is 18.1. The maximum atomic E-state index is 6.08. The van der Waals surface area contributed by atoms with Crippen molar-refractivity contribution < 1.29 is 0 Å². The van der Waals surface area contributed by atoms with Crippen LogP contribution >= 0.6 is 11.5 Å². The lowest BCUT2D eigenvalue weighted by molar-refractivity contribution is 0.428. The van der Waals surface area contributed by atoms with Crippen molar-refractivity contribution in [2.45, 2.75) is 25.7 Å². The number of nitrogen functional groups attached to an aromatic ring is 1. The van der Waals surface area contributed by atoms with Gasteiger partial charge < -0.3 is 11.1 Å². The lowest BCUT2D eigenvalue weighted by atomic mass is 9.98. The van der Waals surface area contributed by atoms with Crippen molar-refractivity contribution in [2.75, 3.05) is 17.6 Å². The minimum atomic E-state index is 0.642. The number of aromatic nitrogens is 1. The molecule has 0 spiro atoms. The minimum Gasteiger partial charge on any atom is -0.382 e. The summed E-state index contributed by atoms with van der Waals surface area (Å²) in [6.45, 7) is 1.08. The van der Waals surface area contributed by atoms with Gasteiger partial charge in [-0.15, -0.1) is 0 Å². The summed E-state index contributed by atoms with van der Waals surface area (Å²) < 4.78 is 4.35. The van der Waals surface area contributed by atoms with Crippen LogP contribution in [0, 0.1) is 17.8 Å². The Morgan fingerprint density at radius 1 is 1.14 bits per heavy atom. The zero-order valence-electron chi connectivity index (χ0n) is 12.1. The molecule has 0 aliphatic heterocycles. The summed E-state index contributed by atoms with van der Waals surface area (Å²) in [4.78, 5) is 0. The largest absolute Gasteiger partial charge is 0.382 e. The van der Waals surface area contributed by atoms with E-state index in [1.54, 1.807) is 0 Å². The molecule has 1 aromatic heterocycles. The lowest BCUT2D eigenvalue weighted by Crippen LogP contribution is -2.18. The molecule has 110 valence electrons. The van der Waals surface area contributed by atoms with E-state index < -0.39 is 0 Å². The summed E-state index contributed by atoms with van der Waals surface area (Å²) in [5, 5.41) is 4.78. The molecule has 4 heteroatoms. The van der Waals surface area contributed by atoms with Crippen molar-refractivity contribution in [1.29, 1.82) is 0 Å². The van der Waals surface area contributed by atoms with Crippen LogP contribution in [-0.2, 0) is 0 Å². The predicted molar refractivity (Wildman–Crippen MR) is 89.4 cm³/mol. The number of nitrogens with zero attached hydrogens (tertiary/aromatic N) is 1. The molecular weight excluding hydrogens is 278 g/mol. The topological polar surface area (TPSA) is 50.9 Å². The highest BCUT2D eigenvalue weighted by Gasteiger charge is 2.41. The summed E-state index contributed by atoms with van der Waals surface area (Å²) in [5.41, 5.74) is 8.31. The zero-order chi connectivity index (χ0) is 14.2. The van der Waals surface area contributed by atoms with E-state index in [0.29, 0.717) is 5.82 Å². The third-order valence-corrected chi connectivity index (χ3v) is 5.55. The van der Waals surface area contributed by atoms with E-state index in [9.17, 15) is 0 Å². The van der Waals surface area contributed by atoms with Gasteiger partial charge in [0.05, 0.1) is 5.56 Å². The highest BCUT2D eigenvalue weighted by Crippen LogP contribution is 2.49. The maximum Gasteiger partial charge on any atom is 0.147 e. The minimum absolute atomic E-state index is 0.642. The smallest absolute Gasteiger partial charge is 0.147 e. The van der Waals surface area contributed by atoms with Crippen LogP contribution < -0.4 is 11.1 Å². The first-order valence-electron chi connectivity index (χ1n) is 7.87. The highest BCUT2D eigenvalue weighted by atomic mass is 32.1. The molecule has 2 fully saturated rings. The van der Waals surface area contributed by atoms with Crippen molar-refractivity contribution in [3.8, 4) is 11.1 Å². The van der Waals surface area contributed by atoms with Gasteiger partial charge in [0.25, 0.3) is 0 Å². The number of hydrogen-bond donors (Lipinski definition) is 2. The van der Waals surface area contributed by atoms with Gasteiger partial charge in [0.15, 0.2) is 0 Å². The average molecular weight is 299 g/mol. The van der Waals surface area contributed by atoms with E-state index in [4.69, 9.17) is 5.73 Å². The molecule has 3 N–H and O–H groups in total. The van der Waals surface area contributed by atoms with Crippen LogP contribution in [0.2, 0.25) is 0 Å². The fourth-order valence-corrected chi connectivity index (χ4v) is 4.03. The van der Waals surface area contributed by atoms with Crippen LogP contribution in [0.4, 0.5) is 10.8 Å². The first-order valence-corrected chi connectivity index (χ1v) is 8.64. The fourth-order valence-electron chi connectivity index (χ4n) is 3.28. The molecule has 4 rings (SSSR count). The molecule has 0 amide bonds. The molecule has 0 unspecified atom stereocenters. The fraction of sp³-hybridized carbons (Fsp3) is 0.471. The summed E-state index contributed by atoms with van der Waals surface area (Å²) >= 11 is 1.49. The van der Waals surface area contributed by atoms with E-state index in [-0.39, 0.29) is 0 Å². The number of nitrogens with one attached hydrogen (secondary N) is 1. The quantitative estimate of drug-likeness (QED) is 0.838. The Morgan fingerprint density at radius 3 is 2.43 bits per heavy atom. The summed E-state index contributed by atoms with van der Waals surface area (Å²) in [6, 6.07) is 10.3. The van der Waals surface area contributed by atoms with E-state index in [0.717, 1.165) is 40.4 Å². The Kier molecular flexibility index (Phi) is 3.34. The van der Waals surface area contributed by atoms with E-state index in [1.165, 1.54) is 37.2 Å². The monoisotopic (exact) mass is 299 g/mol. The van der Waals surface area contributed by atoms with Gasteiger partial charge in [-0.3, -0.25) is 0 Å². The second-order valence-corrected chi connectivity index (χ2v) is 7.13. The first kappa shape index (κ1) is 13.1. The molecule has 0 atom stereocenters. The number of anilines is 2. The van der Waals surface area contributed by atoms with E-state index in [2.05, 4.69) is 21.8 Å². The number of benzene rings is 1. The second kappa shape index (κ2) is 5.34. The lowest BCUT2D eigenvalue weighted by Gasteiger charge is -2.17. The van der Waals surface area contributed by atoms with E-state index in [1.807, 2.05) is 18.2 Å². The van der Waals surface area contributed by atoms with Gasteiger partial charge in [-0.05, 0) is 60.5 Å². The Morgan fingerprint density at radius 2 is 1.81 bits per heavy atom. The van der Waals surface area contributed by atoms with Gasteiger partial charge in [0.2, 0.25) is 0 Å². The van der Waals surface area contributed by atoms with Gasteiger partial charge in [-0.2, -0.15) is 4.37 Å². The van der Waals surface area contributed by atoms with Gasteiger partial charge in [0, 0.05) is 6.54 Å². The molecule has 2 aliphatic rings. The molecule has 1 heterocycles. The summed E-state index contributed by atoms with van der Waals surface area (Å²) in [7, 11) is 0. The molecule has 0 bridgehead atoms. The SMILES string of the molecule is Nc1nsc(NCC(C2CC2)C2CC2)c1-c1ccccc1. The molecule has 3 nitrogen and oxygen atoms in total. The van der Waals surface area contributed by atoms with E-state index >= 15 is 0 Å². The third kappa shape index (κ3) is 2.77. The molecule has 21 heavy (non-hydrogen) atoms. The number of rotatable bonds is 6. The molecule has 0 radical (unpaired) electrons. The third-order valence-electron chi connectivity index (χ3n) is 4.73. The van der Waals surface area contributed by atoms with Crippen molar-refractivity contribution in [1.82, 2.24) is 4.37 Å². The van der Waals surface area contributed by atoms with Crippen molar-refractivity contribution in [3.05, 3.63) is 30.3 Å². The first-order chi connectivity index (χ1) is 10.3. The second-order valence-electron chi connectivity index (χ2n) is 6.36. The van der Waals surface area contributed by atoms with Crippen LogP contribution in [0.1, 0.15) is 25.7 Å². The van der Waals surface area contributed by atoms with Crippen molar-refractivity contribution in [3.63, 3.8) is 0 Å². The molecule has 2 aromatic rings. The van der Waals surface area contributed by atoms with Gasteiger partial charge in [0.1, 0.15) is 10.8 Å².